The molecule has 3 N–H and O–H groups in total. The van der Waals surface area contributed by atoms with Crippen molar-refractivity contribution in [3.05, 3.63) is 47.6 Å². The van der Waals surface area contributed by atoms with E-state index in [1.807, 2.05) is 28.6 Å². The van der Waals surface area contributed by atoms with Crippen molar-refractivity contribution >= 4 is 23.2 Å². The van der Waals surface area contributed by atoms with Gasteiger partial charge in [-0.05, 0) is 39.5 Å². The van der Waals surface area contributed by atoms with E-state index in [0.29, 0.717) is 18.1 Å². The SMILES string of the molecule is C=C(C)Nc1cc(C(=O)N2CCCC[C@H]2c2cc3nc(N4CC[C@H](N)C4)c(C)cn3n2)n(C)n1. The molecular weight excluding hydrogens is 430 g/mol. The lowest BCUT2D eigenvalue weighted by atomic mass is 9.99. The second-order valence-corrected chi connectivity index (χ2v) is 9.57. The zero-order valence-corrected chi connectivity index (χ0v) is 20.2. The topological polar surface area (TPSA) is 110 Å². The summed E-state index contributed by atoms with van der Waals surface area (Å²) >= 11 is 0. The van der Waals surface area contributed by atoms with E-state index in [9.17, 15) is 4.79 Å². The molecule has 2 aliphatic rings. The average molecular weight is 464 g/mol. The molecule has 34 heavy (non-hydrogen) atoms. The molecule has 0 saturated carbocycles. The molecule has 5 heterocycles. The Kier molecular flexibility index (Phi) is 5.76. The molecule has 0 unspecified atom stereocenters. The fourth-order valence-electron chi connectivity index (χ4n) is 5.06. The lowest BCUT2D eigenvalue weighted by Gasteiger charge is -2.34. The first-order chi connectivity index (χ1) is 16.3. The molecule has 5 rings (SSSR count). The van der Waals surface area contributed by atoms with Gasteiger partial charge in [-0.1, -0.05) is 6.58 Å². The molecule has 10 nitrogen and oxygen atoms in total. The third kappa shape index (κ3) is 4.13. The highest BCUT2D eigenvalue weighted by Crippen LogP contribution is 2.33. The van der Waals surface area contributed by atoms with E-state index in [4.69, 9.17) is 15.8 Å². The van der Waals surface area contributed by atoms with Crippen LogP contribution < -0.4 is 16.0 Å². The molecule has 0 radical (unpaired) electrons. The number of amides is 1. The first kappa shape index (κ1) is 22.4. The Morgan fingerprint density at radius 3 is 2.76 bits per heavy atom. The van der Waals surface area contributed by atoms with Crippen LogP contribution in [0.4, 0.5) is 11.6 Å². The number of likely N-dealkylation sites (tertiary alicyclic amines) is 1. The van der Waals surface area contributed by atoms with E-state index >= 15 is 0 Å². The van der Waals surface area contributed by atoms with E-state index < -0.39 is 0 Å². The second-order valence-electron chi connectivity index (χ2n) is 9.57. The summed E-state index contributed by atoms with van der Waals surface area (Å²) in [4.78, 5) is 22.7. The highest BCUT2D eigenvalue weighted by Gasteiger charge is 2.32. The number of aryl methyl sites for hydroxylation is 2. The normalized spacial score (nSPS) is 20.8. The zero-order valence-electron chi connectivity index (χ0n) is 20.2. The van der Waals surface area contributed by atoms with Crippen molar-refractivity contribution in [2.75, 3.05) is 29.9 Å². The largest absolute Gasteiger partial charge is 0.355 e. The van der Waals surface area contributed by atoms with Gasteiger partial charge < -0.3 is 20.9 Å². The fraction of sp³-hybridized carbons (Fsp3) is 0.500. The summed E-state index contributed by atoms with van der Waals surface area (Å²) in [6.45, 7) is 10.2. The number of allylic oxidation sites excluding steroid dienone is 1. The highest BCUT2D eigenvalue weighted by atomic mass is 16.2. The Labute approximate surface area is 199 Å². The Morgan fingerprint density at radius 1 is 1.21 bits per heavy atom. The molecule has 1 amide bonds. The zero-order chi connectivity index (χ0) is 24.0. The van der Waals surface area contributed by atoms with Gasteiger partial charge in [-0.2, -0.15) is 10.2 Å². The molecule has 180 valence electrons. The minimum Gasteiger partial charge on any atom is -0.355 e. The van der Waals surface area contributed by atoms with Crippen LogP contribution in [0.3, 0.4) is 0 Å². The number of piperidine rings is 1. The predicted molar refractivity (Wildman–Crippen MR) is 132 cm³/mol. The van der Waals surface area contributed by atoms with Crippen LogP contribution in [0.5, 0.6) is 0 Å². The molecule has 3 aromatic heterocycles. The third-order valence-corrected chi connectivity index (χ3v) is 6.69. The maximum Gasteiger partial charge on any atom is 0.272 e. The van der Waals surface area contributed by atoms with Crippen molar-refractivity contribution in [3.63, 3.8) is 0 Å². The second kappa shape index (κ2) is 8.75. The number of carbonyl (C=O) groups is 1. The van der Waals surface area contributed by atoms with Crippen LogP contribution in [0.2, 0.25) is 0 Å². The number of nitrogens with two attached hydrogens (primary N) is 1. The van der Waals surface area contributed by atoms with E-state index in [2.05, 4.69) is 28.8 Å². The summed E-state index contributed by atoms with van der Waals surface area (Å²) in [6, 6.07) is 3.90. The van der Waals surface area contributed by atoms with Crippen molar-refractivity contribution in [2.24, 2.45) is 12.8 Å². The number of fused-ring (bicyclic) bond motifs is 1. The lowest BCUT2D eigenvalue weighted by molar-refractivity contribution is 0.0594. The molecular formula is C24H33N9O. The molecule has 3 aromatic rings. The number of hydrogen-bond acceptors (Lipinski definition) is 7. The molecule has 0 bridgehead atoms. The number of anilines is 2. The summed E-state index contributed by atoms with van der Waals surface area (Å²) in [5.74, 6) is 1.55. The molecule has 2 saturated heterocycles. The number of carbonyl (C=O) groups excluding carboxylic acids is 1. The summed E-state index contributed by atoms with van der Waals surface area (Å²) in [7, 11) is 1.79. The average Bonchev–Trinajstić information content (AvgIpc) is 3.50. The lowest BCUT2D eigenvalue weighted by Crippen LogP contribution is -2.39. The maximum absolute atomic E-state index is 13.6. The molecule has 2 aliphatic heterocycles. The number of aromatic nitrogens is 5. The molecule has 2 fully saturated rings. The summed E-state index contributed by atoms with van der Waals surface area (Å²) < 4.78 is 3.46. The minimum absolute atomic E-state index is 0.0394. The minimum atomic E-state index is -0.0978. The van der Waals surface area contributed by atoms with Crippen LogP contribution in [0.1, 0.15) is 60.4 Å². The summed E-state index contributed by atoms with van der Waals surface area (Å²) in [5, 5.41) is 12.3. The first-order valence-electron chi connectivity index (χ1n) is 11.9. The van der Waals surface area contributed by atoms with Gasteiger partial charge in [0.25, 0.3) is 5.91 Å². The van der Waals surface area contributed by atoms with E-state index in [0.717, 1.165) is 67.2 Å². The van der Waals surface area contributed by atoms with Gasteiger partial charge in [0.05, 0.1) is 11.7 Å². The van der Waals surface area contributed by atoms with Crippen LogP contribution in [0.15, 0.2) is 30.6 Å². The molecule has 0 spiro atoms. The van der Waals surface area contributed by atoms with Gasteiger partial charge in [0.2, 0.25) is 0 Å². The highest BCUT2D eigenvalue weighted by molar-refractivity contribution is 5.93. The number of hydrogen-bond donors (Lipinski definition) is 2. The number of rotatable bonds is 5. The van der Waals surface area contributed by atoms with Crippen molar-refractivity contribution < 1.29 is 4.79 Å². The van der Waals surface area contributed by atoms with Gasteiger partial charge in [-0.3, -0.25) is 9.48 Å². The predicted octanol–water partition coefficient (Wildman–Crippen LogP) is 2.62. The smallest absolute Gasteiger partial charge is 0.272 e. The van der Waals surface area contributed by atoms with Gasteiger partial charge in [-0.15, -0.1) is 0 Å². The number of nitrogens with zero attached hydrogens (tertiary/aromatic N) is 7. The Morgan fingerprint density at radius 2 is 2.03 bits per heavy atom. The van der Waals surface area contributed by atoms with E-state index in [1.54, 1.807) is 17.8 Å². The van der Waals surface area contributed by atoms with Gasteiger partial charge in [0.1, 0.15) is 11.5 Å². The monoisotopic (exact) mass is 463 g/mol. The van der Waals surface area contributed by atoms with Gasteiger partial charge >= 0.3 is 0 Å². The van der Waals surface area contributed by atoms with Crippen molar-refractivity contribution in [3.8, 4) is 0 Å². The van der Waals surface area contributed by atoms with Crippen LogP contribution in [-0.2, 0) is 7.05 Å². The number of nitrogens with one attached hydrogen (secondary N) is 1. The summed E-state index contributed by atoms with van der Waals surface area (Å²) in [5.41, 5.74) is 10.2. The molecule has 0 aromatic carbocycles. The maximum atomic E-state index is 13.6. The van der Waals surface area contributed by atoms with Crippen molar-refractivity contribution in [2.45, 2.75) is 51.6 Å². The quantitative estimate of drug-likeness (QED) is 0.599. The Hall–Kier alpha value is -3.40. The van der Waals surface area contributed by atoms with E-state index in [-0.39, 0.29) is 18.0 Å². The van der Waals surface area contributed by atoms with Crippen LogP contribution in [0.25, 0.3) is 5.65 Å². The van der Waals surface area contributed by atoms with Gasteiger partial charge in [0.15, 0.2) is 11.5 Å². The standard InChI is InChI=1S/C24H33N9O/c1-15(2)26-21-12-20(30(4)29-21)24(34)32-9-6-5-7-19(32)18-11-22-27-23(16(3)13-33(22)28-18)31-10-8-17(25)14-31/h11-13,17,19H,1,5-10,14,25H2,2-4H3,(H,26,29)/t17-,19-/m0/s1. The van der Waals surface area contributed by atoms with Gasteiger partial charge in [-0.25, -0.2) is 9.50 Å². The molecule has 2 atom stereocenters. The summed E-state index contributed by atoms with van der Waals surface area (Å²) in [6.07, 6.45) is 5.90. The van der Waals surface area contributed by atoms with E-state index in [1.165, 1.54) is 0 Å². The molecule has 10 heteroatoms. The fourth-order valence-corrected chi connectivity index (χ4v) is 5.06. The van der Waals surface area contributed by atoms with Crippen LogP contribution >= 0.6 is 0 Å². The first-order valence-corrected chi connectivity index (χ1v) is 11.9. The Bertz CT molecular complexity index is 1240. The Balaban J connectivity index is 1.44. The van der Waals surface area contributed by atoms with Crippen LogP contribution in [-0.4, -0.2) is 60.9 Å². The van der Waals surface area contributed by atoms with Crippen molar-refractivity contribution in [1.29, 1.82) is 0 Å². The third-order valence-electron chi connectivity index (χ3n) is 6.69. The van der Waals surface area contributed by atoms with Crippen LogP contribution in [0, 0.1) is 6.92 Å². The molecule has 0 aliphatic carbocycles. The van der Waals surface area contributed by atoms with Gasteiger partial charge in [0, 0.05) is 62.3 Å². The van der Waals surface area contributed by atoms with Crippen molar-refractivity contribution in [1.82, 2.24) is 29.3 Å².